The van der Waals surface area contributed by atoms with Crippen LogP contribution in [0.2, 0.25) is 18.1 Å². The lowest BCUT2D eigenvalue weighted by atomic mass is 9.80. The Balaban J connectivity index is 1.58. The zero-order valence-corrected chi connectivity index (χ0v) is 43.1. The number of aromatic amines is 1. The third-order valence-electron chi connectivity index (χ3n) is 12.6. The highest BCUT2D eigenvalue weighted by molar-refractivity contribution is 7.50. The zero-order valence-electron chi connectivity index (χ0n) is 41.2. The second-order valence-electron chi connectivity index (χ2n) is 19.2. The number of H-pyrrole nitrogens is 1. The molecule has 3 heterocycles. The van der Waals surface area contributed by atoms with Crippen molar-refractivity contribution in [1.29, 1.82) is 5.26 Å². The quantitative estimate of drug-likeness (QED) is 0.0430. The zero-order chi connectivity index (χ0) is 48.8. The molecule has 1 fully saturated rings. The Labute approximate surface area is 397 Å². The third kappa shape index (κ3) is 11.2. The van der Waals surface area contributed by atoms with E-state index < -0.39 is 52.3 Å². The molecule has 0 saturated carbocycles. The van der Waals surface area contributed by atoms with Gasteiger partial charge in [-0.15, -0.1) is 0 Å². The SMILES string of the molecule is COc1ccc(C(OC[C@H]2O[C@@H](n3cnc4c(=O)[nH]c(NC(=O)C(C)C)nc43)[C@H](OP(CCC#N)N(C(C)C)C(C)C)[C@H]2O[Si](C)(C)C(C)(C)C)(c2ccccc2)c2ccc(OC)cc2)cc1. The Kier molecular flexibility index (Phi) is 16.5. The van der Waals surface area contributed by atoms with Crippen molar-refractivity contribution in [2.75, 3.05) is 32.3 Å². The minimum atomic E-state index is -2.65. The minimum absolute atomic E-state index is 0.00708. The van der Waals surface area contributed by atoms with Crippen molar-refractivity contribution in [3.63, 3.8) is 0 Å². The molecule has 17 heteroatoms. The summed E-state index contributed by atoms with van der Waals surface area (Å²) in [5, 5.41) is 12.5. The number of ether oxygens (including phenoxy) is 4. The average molecular weight is 954 g/mol. The molecule has 1 amide bonds. The lowest BCUT2D eigenvalue weighted by Gasteiger charge is -2.43. The second-order valence-corrected chi connectivity index (χ2v) is 25.8. The highest BCUT2D eigenvalue weighted by atomic mass is 31.2. The summed E-state index contributed by atoms with van der Waals surface area (Å²) < 4.78 is 45.1. The van der Waals surface area contributed by atoms with Gasteiger partial charge in [-0.2, -0.15) is 10.2 Å². The van der Waals surface area contributed by atoms with Crippen molar-refractivity contribution >= 4 is 39.6 Å². The molecule has 0 aliphatic carbocycles. The number of nitriles is 1. The molecule has 2 aromatic heterocycles. The number of carbonyl (C=O) groups is 1. The van der Waals surface area contributed by atoms with Gasteiger partial charge in [0.25, 0.3) is 5.56 Å². The van der Waals surface area contributed by atoms with Gasteiger partial charge in [0.05, 0.1) is 33.2 Å². The van der Waals surface area contributed by atoms with Crippen molar-refractivity contribution < 1.29 is 32.7 Å². The Morgan fingerprint density at radius 2 is 1.48 bits per heavy atom. The van der Waals surface area contributed by atoms with Crippen LogP contribution in [-0.4, -0.2) is 95.8 Å². The molecule has 1 aliphatic heterocycles. The van der Waals surface area contributed by atoms with Crippen LogP contribution in [0.5, 0.6) is 11.5 Å². The van der Waals surface area contributed by atoms with Crippen molar-refractivity contribution in [3.05, 3.63) is 112 Å². The molecule has 1 aliphatic rings. The van der Waals surface area contributed by atoms with Crippen LogP contribution in [0.4, 0.5) is 5.95 Å². The maximum atomic E-state index is 13.6. The fourth-order valence-corrected chi connectivity index (χ4v) is 11.8. The van der Waals surface area contributed by atoms with Gasteiger partial charge in [-0.3, -0.25) is 29.1 Å². The van der Waals surface area contributed by atoms with Crippen molar-refractivity contribution in [3.8, 4) is 17.6 Å². The van der Waals surface area contributed by atoms with Crippen LogP contribution in [0, 0.1) is 17.2 Å². The number of nitrogens with one attached hydrogen (secondary N) is 2. The lowest BCUT2D eigenvalue weighted by Crippen LogP contribution is -2.51. The largest absolute Gasteiger partial charge is 0.497 e. The van der Waals surface area contributed by atoms with Crippen molar-refractivity contribution in [1.82, 2.24) is 24.2 Å². The van der Waals surface area contributed by atoms with E-state index in [0.29, 0.717) is 17.7 Å². The highest BCUT2D eigenvalue weighted by Crippen LogP contribution is 2.52. The Morgan fingerprint density at radius 3 is 1.99 bits per heavy atom. The fourth-order valence-electron chi connectivity index (χ4n) is 8.17. The summed E-state index contributed by atoms with van der Waals surface area (Å²) in [7, 11) is -0.812. The first-order valence-electron chi connectivity index (χ1n) is 22.9. The maximum absolute atomic E-state index is 13.6. The molecule has 6 rings (SSSR count). The maximum Gasteiger partial charge on any atom is 0.280 e. The van der Waals surface area contributed by atoms with Crippen LogP contribution < -0.4 is 20.3 Å². The van der Waals surface area contributed by atoms with Crippen LogP contribution in [0.25, 0.3) is 11.2 Å². The van der Waals surface area contributed by atoms with E-state index in [2.05, 4.69) is 87.6 Å². The van der Waals surface area contributed by atoms with Crippen LogP contribution in [0.1, 0.15) is 91.7 Å². The second kappa shape index (κ2) is 21.5. The van der Waals surface area contributed by atoms with E-state index in [4.69, 9.17) is 32.9 Å². The summed E-state index contributed by atoms with van der Waals surface area (Å²) >= 11 is 0. The van der Waals surface area contributed by atoms with Crippen LogP contribution in [-0.2, 0) is 28.8 Å². The Bertz CT molecular complexity index is 2470. The number of rotatable bonds is 20. The van der Waals surface area contributed by atoms with Gasteiger partial charge in [-0.1, -0.05) is 89.2 Å². The van der Waals surface area contributed by atoms with Gasteiger partial charge < -0.3 is 27.9 Å². The number of hydrogen-bond donors (Lipinski definition) is 2. The predicted octanol–water partition coefficient (Wildman–Crippen LogP) is 9.76. The first kappa shape index (κ1) is 51.4. The molecular formula is C50H68N7O8PSi. The normalized spacial score (nSPS) is 18.5. The summed E-state index contributed by atoms with van der Waals surface area (Å²) in [6.45, 7) is 23.0. The summed E-state index contributed by atoms with van der Waals surface area (Å²) in [4.78, 5) is 38.5. The standard InChI is InChI=1S/C50H68N7O8PSi/c1-32(2)45(58)54-48-53-44-41(46(59)55-48)52-31-56(44)47-43(64-66(29-17-28-51)57(33(3)4)34(5)6)42(65-67(12,13)49(7,8)9)40(63-47)30-62-50(35-18-15-14-16-19-35,36-20-24-38(60-10)25-21-36)37-22-26-39(61-11)27-23-37/h14-16,18-27,31-34,40,42-43,47H,17,29-30H2,1-13H3,(H2,53,54,55,58,59)/t40-,42+,43-,47-,66?/m1/s1. The molecule has 0 bridgehead atoms. The number of fused-ring (bicyclic) bond motifs is 1. The van der Waals surface area contributed by atoms with E-state index in [9.17, 15) is 14.9 Å². The monoisotopic (exact) mass is 953 g/mol. The summed E-state index contributed by atoms with van der Waals surface area (Å²) in [6, 6.07) is 28.3. The first-order valence-corrected chi connectivity index (χ1v) is 27.3. The smallest absolute Gasteiger partial charge is 0.280 e. The van der Waals surface area contributed by atoms with Crippen molar-refractivity contribution in [2.24, 2.45) is 5.92 Å². The molecule has 67 heavy (non-hydrogen) atoms. The van der Waals surface area contributed by atoms with Gasteiger partial charge in [0.1, 0.15) is 43.7 Å². The highest BCUT2D eigenvalue weighted by Gasteiger charge is 2.54. The van der Waals surface area contributed by atoms with Crippen LogP contribution in [0.3, 0.4) is 0 Å². The average Bonchev–Trinajstić information content (AvgIpc) is 3.86. The summed E-state index contributed by atoms with van der Waals surface area (Å²) in [5.41, 5.74) is 1.10. The predicted molar refractivity (Wildman–Crippen MR) is 265 cm³/mol. The third-order valence-corrected chi connectivity index (χ3v) is 19.6. The lowest BCUT2D eigenvalue weighted by molar-refractivity contribution is -0.118. The number of anilines is 1. The fraction of sp³-hybridized carbons (Fsp3) is 0.500. The van der Waals surface area contributed by atoms with E-state index in [1.165, 1.54) is 6.33 Å². The number of aromatic nitrogens is 4. The molecule has 2 N–H and O–H groups in total. The van der Waals surface area contributed by atoms with E-state index in [1.54, 1.807) is 32.6 Å². The molecular weight excluding hydrogens is 886 g/mol. The van der Waals surface area contributed by atoms with E-state index in [-0.39, 0.29) is 59.1 Å². The van der Waals surface area contributed by atoms with Gasteiger partial charge in [0, 0.05) is 30.6 Å². The molecule has 15 nitrogen and oxygen atoms in total. The molecule has 1 saturated heterocycles. The number of nitrogens with zero attached hydrogens (tertiary/aromatic N) is 5. The molecule has 5 atom stereocenters. The molecule has 1 unspecified atom stereocenters. The minimum Gasteiger partial charge on any atom is -0.497 e. The van der Waals surface area contributed by atoms with Gasteiger partial charge in [-0.05, 0) is 86.8 Å². The number of benzene rings is 3. The first-order chi connectivity index (χ1) is 31.8. The molecule has 0 radical (unpaired) electrons. The molecule has 5 aromatic rings. The molecule has 0 spiro atoms. The van der Waals surface area contributed by atoms with Gasteiger partial charge >= 0.3 is 0 Å². The van der Waals surface area contributed by atoms with Crippen LogP contribution >= 0.6 is 8.30 Å². The Morgan fingerprint density at radius 1 is 0.910 bits per heavy atom. The van der Waals surface area contributed by atoms with Crippen molar-refractivity contribution in [2.45, 2.75) is 129 Å². The van der Waals surface area contributed by atoms with E-state index in [0.717, 1.165) is 16.7 Å². The number of hydrogen-bond acceptors (Lipinski definition) is 12. The van der Waals surface area contributed by atoms with E-state index in [1.807, 2.05) is 78.9 Å². The van der Waals surface area contributed by atoms with E-state index >= 15 is 0 Å². The summed E-state index contributed by atoms with van der Waals surface area (Å²) in [6.07, 6.45) is -1.03. The van der Waals surface area contributed by atoms with Gasteiger partial charge in [-0.25, -0.2) is 4.98 Å². The van der Waals surface area contributed by atoms with Gasteiger partial charge in [0.15, 0.2) is 25.7 Å². The van der Waals surface area contributed by atoms with Gasteiger partial charge in [0.2, 0.25) is 11.9 Å². The Hall–Kier alpha value is -4.98. The summed E-state index contributed by atoms with van der Waals surface area (Å²) in [5.74, 6) is 0.695. The molecule has 360 valence electrons. The molecule has 3 aromatic carbocycles. The number of carbonyl (C=O) groups excluding carboxylic acids is 1. The number of imidazole rings is 1. The topological polar surface area (TPSA) is 175 Å². The number of methoxy groups -OCH3 is 2. The number of amides is 1. The van der Waals surface area contributed by atoms with Crippen LogP contribution in [0.15, 0.2) is 90.0 Å².